The number of nitrogens with zero attached hydrogens (tertiary/aromatic N) is 3. The SMILES string of the molecule is CCCCN(CCOC(=O)CC)/[N+]([O-])=N/O.CCCCNCCOC(=O)CC. The number of nitrogens with one attached hydrogen (secondary N) is 1. The van der Waals surface area contributed by atoms with Crippen LogP contribution in [0, 0.1) is 5.21 Å². The maximum absolute atomic E-state index is 11.0. The summed E-state index contributed by atoms with van der Waals surface area (Å²) in [5.74, 6) is -0.430. The zero-order valence-electron chi connectivity index (χ0n) is 17.8. The van der Waals surface area contributed by atoms with Crippen LogP contribution in [0.25, 0.3) is 0 Å². The van der Waals surface area contributed by atoms with Gasteiger partial charge in [0.15, 0.2) is 0 Å². The minimum atomic E-state index is -0.311. The first-order valence-electron chi connectivity index (χ1n) is 10.1. The molecule has 2 N–H and O–H groups in total. The lowest BCUT2D eigenvalue weighted by molar-refractivity contribution is -0.710. The molecule has 0 radical (unpaired) electrons. The molecule has 0 bridgehead atoms. The van der Waals surface area contributed by atoms with E-state index in [2.05, 4.69) is 17.5 Å². The van der Waals surface area contributed by atoms with Gasteiger partial charge in [-0.25, -0.2) is 0 Å². The summed E-state index contributed by atoms with van der Waals surface area (Å²) < 4.78 is 9.70. The molecule has 0 heterocycles. The Kier molecular flexibility index (Phi) is 21.3. The first-order chi connectivity index (χ1) is 13.5. The number of hydrazine groups is 1. The first kappa shape index (κ1) is 28.1. The Morgan fingerprint density at radius 1 is 0.964 bits per heavy atom. The lowest BCUT2D eigenvalue weighted by Gasteiger charge is -2.16. The van der Waals surface area contributed by atoms with Crippen LogP contribution in [0.1, 0.15) is 66.2 Å². The van der Waals surface area contributed by atoms with Gasteiger partial charge in [0, 0.05) is 19.4 Å². The highest BCUT2D eigenvalue weighted by Crippen LogP contribution is 1.97. The molecular weight excluding hydrogens is 368 g/mol. The molecule has 0 spiro atoms. The molecule has 0 aromatic heterocycles. The van der Waals surface area contributed by atoms with Gasteiger partial charge in [-0.3, -0.25) is 9.59 Å². The fourth-order valence-corrected chi connectivity index (χ4v) is 1.81. The van der Waals surface area contributed by atoms with Crippen molar-refractivity contribution in [1.29, 1.82) is 0 Å². The van der Waals surface area contributed by atoms with E-state index in [0.717, 1.165) is 25.9 Å². The topological polar surface area (TPSA) is 127 Å². The van der Waals surface area contributed by atoms with Gasteiger partial charge >= 0.3 is 11.9 Å². The van der Waals surface area contributed by atoms with Crippen molar-refractivity contribution in [3.05, 3.63) is 5.21 Å². The summed E-state index contributed by atoms with van der Waals surface area (Å²) in [5, 5.41) is 26.4. The molecule has 0 amide bonds. The predicted octanol–water partition coefficient (Wildman–Crippen LogP) is 2.64. The Hall–Kier alpha value is -2.10. The number of carbonyl (C=O) groups excluding carboxylic acids is 2. The second kappa shape index (κ2) is 21.2. The van der Waals surface area contributed by atoms with Gasteiger partial charge in [0.05, 0.1) is 11.5 Å². The van der Waals surface area contributed by atoms with E-state index in [-0.39, 0.29) is 30.1 Å². The molecule has 166 valence electrons. The summed E-state index contributed by atoms with van der Waals surface area (Å²) in [6.07, 6.45) is 4.87. The third-order valence-electron chi connectivity index (χ3n) is 3.53. The second-order valence-electron chi connectivity index (χ2n) is 5.90. The smallest absolute Gasteiger partial charge is 0.305 e. The molecule has 0 unspecified atom stereocenters. The summed E-state index contributed by atoms with van der Waals surface area (Å²) >= 11 is 0. The van der Waals surface area contributed by atoms with Crippen molar-refractivity contribution in [2.75, 3.05) is 39.4 Å². The zero-order valence-corrected chi connectivity index (χ0v) is 17.8. The van der Waals surface area contributed by atoms with Crippen molar-refractivity contribution >= 4 is 11.9 Å². The summed E-state index contributed by atoms with van der Waals surface area (Å²) in [4.78, 5) is 21.6. The van der Waals surface area contributed by atoms with Crippen LogP contribution in [-0.4, -0.2) is 66.5 Å². The van der Waals surface area contributed by atoms with Crippen LogP contribution >= 0.6 is 0 Å². The molecular formula is C18H38N4O6. The lowest BCUT2D eigenvalue weighted by Crippen LogP contribution is -2.35. The van der Waals surface area contributed by atoms with E-state index < -0.39 is 0 Å². The summed E-state index contributed by atoms with van der Waals surface area (Å²) in [7, 11) is 0. The molecule has 10 heteroatoms. The van der Waals surface area contributed by atoms with E-state index in [1.165, 1.54) is 17.9 Å². The molecule has 0 atom stereocenters. The van der Waals surface area contributed by atoms with Gasteiger partial charge in [-0.05, 0) is 19.4 Å². The minimum Gasteiger partial charge on any atom is -0.569 e. The van der Waals surface area contributed by atoms with E-state index in [1.54, 1.807) is 13.8 Å². The van der Waals surface area contributed by atoms with Crippen molar-refractivity contribution in [3.63, 3.8) is 0 Å². The number of carbonyl (C=O) groups is 2. The number of hydrogen-bond acceptors (Lipinski definition) is 7. The molecule has 0 aromatic rings. The highest BCUT2D eigenvalue weighted by atomic mass is 16.6. The Morgan fingerprint density at radius 3 is 2.04 bits per heavy atom. The highest BCUT2D eigenvalue weighted by Gasteiger charge is 2.12. The van der Waals surface area contributed by atoms with Crippen molar-refractivity contribution in [2.45, 2.75) is 66.2 Å². The Morgan fingerprint density at radius 2 is 1.54 bits per heavy atom. The number of rotatable bonds is 15. The van der Waals surface area contributed by atoms with Gasteiger partial charge in [-0.1, -0.05) is 40.5 Å². The second-order valence-corrected chi connectivity index (χ2v) is 5.90. The lowest BCUT2D eigenvalue weighted by atomic mass is 10.3. The molecule has 0 aromatic carbocycles. The maximum atomic E-state index is 11.0. The van der Waals surface area contributed by atoms with E-state index in [9.17, 15) is 14.8 Å². The molecule has 28 heavy (non-hydrogen) atoms. The van der Waals surface area contributed by atoms with Gasteiger partial charge < -0.3 is 25.2 Å². The minimum absolute atomic E-state index is 0.107. The molecule has 0 saturated heterocycles. The third-order valence-corrected chi connectivity index (χ3v) is 3.53. The van der Waals surface area contributed by atoms with Gasteiger partial charge in [-0.15, -0.1) is 5.01 Å². The van der Waals surface area contributed by atoms with Crippen LogP contribution < -0.4 is 5.32 Å². The van der Waals surface area contributed by atoms with E-state index in [4.69, 9.17) is 14.7 Å². The van der Waals surface area contributed by atoms with Crippen LogP contribution in [0.4, 0.5) is 0 Å². The molecule has 0 aliphatic rings. The van der Waals surface area contributed by atoms with Crippen LogP contribution in [-0.2, 0) is 19.1 Å². The van der Waals surface area contributed by atoms with Gasteiger partial charge in [0.1, 0.15) is 19.8 Å². The monoisotopic (exact) mass is 406 g/mol. The Bertz CT molecular complexity index is 421. The van der Waals surface area contributed by atoms with Crippen molar-refractivity contribution in [3.8, 4) is 0 Å². The van der Waals surface area contributed by atoms with Gasteiger partial charge in [0.2, 0.25) is 5.28 Å². The van der Waals surface area contributed by atoms with Crippen LogP contribution in [0.3, 0.4) is 0 Å². The number of ether oxygens (including phenoxy) is 2. The highest BCUT2D eigenvalue weighted by molar-refractivity contribution is 5.69. The third kappa shape index (κ3) is 18.7. The van der Waals surface area contributed by atoms with Crippen LogP contribution in [0.15, 0.2) is 5.28 Å². The van der Waals surface area contributed by atoms with Gasteiger partial charge in [0.25, 0.3) is 0 Å². The zero-order chi connectivity index (χ0) is 21.6. The quantitative estimate of drug-likeness (QED) is 0.140. The van der Waals surface area contributed by atoms with Crippen molar-refractivity contribution < 1.29 is 29.2 Å². The van der Waals surface area contributed by atoms with Gasteiger partial charge in [-0.2, -0.15) is 0 Å². The largest absolute Gasteiger partial charge is 0.569 e. The fraction of sp³-hybridized carbons (Fsp3) is 0.889. The predicted molar refractivity (Wildman–Crippen MR) is 105 cm³/mol. The number of hydrogen-bond donors (Lipinski definition) is 2. The maximum Gasteiger partial charge on any atom is 0.305 e. The molecule has 0 saturated carbocycles. The summed E-state index contributed by atoms with van der Waals surface area (Å²) in [6, 6.07) is 0. The van der Waals surface area contributed by atoms with Crippen molar-refractivity contribution in [1.82, 2.24) is 10.3 Å². The standard InChI is InChI=1S/C9H19N3O4.C9H19NO2/c1-3-5-6-11(12(15)10-14)7-8-16-9(13)4-2;1-3-5-6-10-7-8-12-9(11)4-2/h14H,3-8H2,1-2H3;10H,3-8H2,1-2H3/b12-10-;. The molecule has 0 fully saturated rings. The van der Waals surface area contributed by atoms with E-state index in [1.807, 2.05) is 6.92 Å². The molecule has 0 aliphatic heterocycles. The van der Waals surface area contributed by atoms with Crippen LogP contribution in [0.5, 0.6) is 0 Å². The van der Waals surface area contributed by atoms with Crippen LogP contribution in [0.2, 0.25) is 0 Å². The average molecular weight is 407 g/mol. The molecule has 0 aliphatic carbocycles. The summed E-state index contributed by atoms with van der Waals surface area (Å²) in [5.41, 5.74) is 0. The van der Waals surface area contributed by atoms with Crippen molar-refractivity contribution in [2.24, 2.45) is 5.28 Å². The van der Waals surface area contributed by atoms with E-state index in [0.29, 0.717) is 26.0 Å². The Labute approximate surface area is 168 Å². The number of esters is 2. The Balaban J connectivity index is 0. The normalized spacial score (nSPS) is 10.6. The fourth-order valence-electron chi connectivity index (χ4n) is 1.81. The molecule has 10 nitrogen and oxygen atoms in total. The molecule has 0 rings (SSSR count). The van der Waals surface area contributed by atoms with E-state index >= 15 is 0 Å². The number of unbranched alkanes of at least 4 members (excludes halogenated alkanes) is 2. The first-order valence-corrected chi connectivity index (χ1v) is 10.1. The average Bonchev–Trinajstić information content (AvgIpc) is 2.72. The summed E-state index contributed by atoms with van der Waals surface area (Å²) in [6.45, 7) is 10.7.